The molecular formula is C18H14N4O4S. The Morgan fingerprint density at radius 3 is 2.63 bits per heavy atom. The normalized spacial score (nSPS) is 14.9. The number of furan rings is 1. The monoisotopic (exact) mass is 382 g/mol. The molecule has 4 rings (SSSR count). The Balaban J connectivity index is 1.63. The Bertz CT molecular complexity index is 1150. The summed E-state index contributed by atoms with van der Waals surface area (Å²) >= 11 is 0. The maximum atomic E-state index is 12.3. The summed E-state index contributed by atoms with van der Waals surface area (Å²) < 4.78 is 28.0. The lowest BCUT2D eigenvalue weighted by Crippen LogP contribution is -2.11. The second-order valence-corrected chi connectivity index (χ2v) is 7.38. The zero-order chi connectivity index (χ0) is 19.0. The number of hydrogen-bond acceptors (Lipinski definition) is 6. The summed E-state index contributed by atoms with van der Waals surface area (Å²) in [6.07, 6.45) is 4.73. The molecule has 1 aromatic carbocycles. The molecule has 3 heterocycles. The van der Waals surface area contributed by atoms with Gasteiger partial charge in [0.05, 0.1) is 16.7 Å². The van der Waals surface area contributed by atoms with Crippen LogP contribution >= 0.6 is 0 Å². The molecule has 0 spiro atoms. The van der Waals surface area contributed by atoms with E-state index in [1.807, 2.05) is 12.1 Å². The van der Waals surface area contributed by atoms with Crippen molar-refractivity contribution in [3.05, 3.63) is 66.7 Å². The van der Waals surface area contributed by atoms with Crippen molar-refractivity contribution in [2.75, 3.05) is 10.6 Å². The van der Waals surface area contributed by atoms with Crippen molar-refractivity contribution in [1.29, 1.82) is 0 Å². The summed E-state index contributed by atoms with van der Waals surface area (Å²) in [5.74, 6) is 0.825. The maximum absolute atomic E-state index is 12.3. The van der Waals surface area contributed by atoms with E-state index in [0.717, 1.165) is 5.56 Å². The number of benzene rings is 1. The molecule has 3 aromatic rings. The van der Waals surface area contributed by atoms with Crippen LogP contribution < -0.4 is 15.8 Å². The fourth-order valence-corrected chi connectivity index (χ4v) is 3.20. The van der Waals surface area contributed by atoms with Gasteiger partial charge >= 0.3 is 0 Å². The van der Waals surface area contributed by atoms with E-state index < -0.39 is 10.0 Å². The highest BCUT2D eigenvalue weighted by Crippen LogP contribution is 2.33. The van der Waals surface area contributed by atoms with E-state index in [9.17, 15) is 13.2 Å². The number of fused-ring (bicyclic) bond motifs is 1. The Morgan fingerprint density at radius 1 is 1.19 bits per heavy atom. The first-order chi connectivity index (χ1) is 12.9. The molecule has 0 atom stereocenters. The Hall–Kier alpha value is -3.43. The number of hydrogen-bond donors (Lipinski definition) is 3. The van der Waals surface area contributed by atoms with E-state index in [0.29, 0.717) is 28.4 Å². The van der Waals surface area contributed by atoms with Gasteiger partial charge in [0.25, 0.3) is 5.91 Å². The Kier molecular flexibility index (Phi) is 4.02. The second kappa shape index (κ2) is 6.38. The number of carbonyl (C=O) groups excluding carboxylic acids is 1. The molecule has 8 nitrogen and oxygen atoms in total. The van der Waals surface area contributed by atoms with Gasteiger partial charge < -0.3 is 15.1 Å². The van der Waals surface area contributed by atoms with E-state index >= 15 is 0 Å². The molecule has 0 radical (unpaired) electrons. The minimum absolute atomic E-state index is 0.0111. The van der Waals surface area contributed by atoms with Crippen LogP contribution in [0.15, 0.2) is 70.4 Å². The quantitative estimate of drug-likeness (QED) is 0.595. The minimum Gasteiger partial charge on any atom is -0.464 e. The van der Waals surface area contributed by atoms with Crippen molar-refractivity contribution < 1.29 is 17.6 Å². The number of primary sulfonamides is 1. The first-order valence-corrected chi connectivity index (χ1v) is 9.42. The molecule has 0 saturated carbocycles. The zero-order valence-corrected chi connectivity index (χ0v) is 14.7. The standard InChI is InChI=1S/C18H14N4O4S/c19-27(24,25)13-5-3-12(4-6-13)20-10-15-14-8-11(16-2-1-7-26-16)9-21-17(14)22-18(15)23/h1-10,20H,(H2,19,24,25)(H,21,22,23)/b15-10-. The Labute approximate surface area is 154 Å². The third-order valence-electron chi connectivity index (χ3n) is 4.03. The van der Waals surface area contributed by atoms with Gasteiger partial charge in [-0.1, -0.05) is 0 Å². The van der Waals surface area contributed by atoms with Gasteiger partial charge in [-0.3, -0.25) is 4.79 Å². The predicted octanol–water partition coefficient (Wildman–Crippen LogP) is 2.39. The number of sulfonamides is 1. The number of nitrogens with two attached hydrogens (primary N) is 1. The summed E-state index contributed by atoms with van der Waals surface area (Å²) in [6.45, 7) is 0. The summed E-state index contributed by atoms with van der Waals surface area (Å²) in [7, 11) is -3.75. The smallest absolute Gasteiger partial charge is 0.259 e. The topological polar surface area (TPSA) is 127 Å². The fourth-order valence-electron chi connectivity index (χ4n) is 2.68. The fraction of sp³-hybridized carbons (Fsp3) is 0. The number of anilines is 2. The van der Waals surface area contributed by atoms with Gasteiger partial charge in [-0.2, -0.15) is 0 Å². The van der Waals surface area contributed by atoms with Gasteiger partial charge in [-0.05, 0) is 42.5 Å². The number of pyridine rings is 1. The highest BCUT2D eigenvalue weighted by atomic mass is 32.2. The van der Waals surface area contributed by atoms with Crippen LogP contribution in [0, 0.1) is 0 Å². The largest absolute Gasteiger partial charge is 0.464 e. The summed E-state index contributed by atoms with van der Waals surface area (Å²) in [5.41, 5.74) is 2.40. The maximum Gasteiger partial charge on any atom is 0.259 e. The second-order valence-electron chi connectivity index (χ2n) is 5.82. The first-order valence-electron chi connectivity index (χ1n) is 7.87. The molecular weight excluding hydrogens is 368 g/mol. The number of nitrogens with zero attached hydrogens (tertiary/aromatic N) is 1. The summed E-state index contributed by atoms with van der Waals surface area (Å²) in [4.78, 5) is 16.5. The van der Waals surface area contributed by atoms with Crippen molar-refractivity contribution in [2.24, 2.45) is 5.14 Å². The number of nitrogens with one attached hydrogen (secondary N) is 2. The molecule has 1 aliphatic heterocycles. The van der Waals surface area contributed by atoms with E-state index in [1.165, 1.54) is 12.1 Å². The molecule has 0 bridgehead atoms. The third-order valence-corrected chi connectivity index (χ3v) is 4.96. The van der Waals surface area contributed by atoms with Crippen LogP contribution in [0.4, 0.5) is 11.5 Å². The van der Waals surface area contributed by atoms with Crippen molar-refractivity contribution in [3.63, 3.8) is 0 Å². The molecule has 0 aliphatic carbocycles. The van der Waals surface area contributed by atoms with Gasteiger partial charge in [-0.15, -0.1) is 0 Å². The van der Waals surface area contributed by atoms with Crippen LogP contribution in [-0.2, 0) is 14.8 Å². The van der Waals surface area contributed by atoms with Crippen molar-refractivity contribution in [1.82, 2.24) is 4.98 Å². The summed E-state index contributed by atoms with van der Waals surface area (Å²) in [6, 6.07) is 11.3. The lowest BCUT2D eigenvalue weighted by atomic mass is 10.1. The molecule has 1 amide bonds. The third kappa shape index (κ3) is 3.33. The number of aromatic nitrogens is 1. The molecule has 27 heavy (non-hydrogen) atoms. The lowest BCUT2D eigenvalue weighted by molar-refractivity contribution is -0.110. The number of amides is 1. The van der Waals surface area contributed by atoms with Gasteiger partial charge in [0.1, 0.15) is 11.6 Å². The predicted molar refractivity (Wildman–Crippen MR) is 100.0 cm³/mol. The average molecular weight is 382 g/mol. The van der Waals surface area contributed by atoms with Gasteiger partial charge in [0, 0.05) is 29.2 Å². The first kappa shape index (κ1) is 17.0. The molecule has 0 saturated heterocycles. The van der Waals surface area contributed by atoms with Crippen molar-refractivity contribution in [2.45, 2.75) is 4.90 Å². The van der Waals surface area contributed by atoms with Crippen molar-refractivity contribution in [3.8, 4) is 11.3 Å². The molecule has 9 heteroatoms. The summed E-state index contributed by atoms with van der Waals surface area (Å²) in [5, 5.41) is 10.8. The van der Waals surface area contributed by atoms with Gasteiger partial charge in [0.15, 0.2) is 0 Å². The molecule has 4 N–H and O–H groups in total. The molecule has 1 aliphatic rings. The van der Waals surface area contributed by atoms with E-state index in [4.69, 9.17) is 9.56 Å². The average Bonchev–Trinajstić information content (AvgIpc) is 3.26. The molecule has 0 unspecified atom stereocenters. The van der Waals surface area contributed by atoms with Crippen LogP contribution in [0.2, 0.25) is 0 Å². The van der Waals surface area contributed by atoms with Crippen LogP contribution in [0.5, 0.6) is 0 Å². The molecule has 2 aromatic heterocycles. The Morgan fingerprint density at radius 2 is 1.96 bits per heavy atom. The van der Waals surface area contributed by atoms with E-state index in [-0.39, 0.29) is 10.8 Å². The van der Waals surface area contributed by atoms with Crippen LogP contribution in [0.25, 0.3) is 16.9 Å². The van der Waals surface area contributed by atoms with Gasteiger partial charge in [-0.25, -0.2) is 18.5 Å². The van der Waals surface area contributed by atoms with E-state index in [2.05, 4.69) is 15.6 Å². The number of carbonyl (C=O) groups is 1. The highest BCUT2D eigenvalue weighted by Gasteiger charge is 2.26. The highest BCUT2D eigenvalue weighted by molar-refractivity contribution is 7.89. The number of rotatable bonds is 4. The van der Waals surface area contributed by atoms with Crippen LogP contribution in [-0.4, -0.2) is 19.3 Å². The van der Waals surface area contributed by atoms with E-state index in [1.54, 1.807) is 36.9 Å². The SMILES string of the molecule is NS(=O)(=O)c1ccc(N/C=C2\C(=O)Nc3ncc(-c4ccco4)cc32)cc1. The minimum atomic E-state index is -3.75. The van der Waals surface area contributed by atoms with Crippen LogP contribution in [0.1, 0.15) is 5.56 Å². The van der Waals surface area contributed by atoms with Crippen LogP contribution in [0.3, 0.4) is 0 Å². The molecule has 136 valence electrons. The lowest BCUT2D eigenvalue weighted by Gasteiger charge is -2.04. The van der Waals surface area contributed by atoms with Gasteiger partial charge in [0.2, 0.25) is 10.0 Å². The molecule has 0 fully saturated rings. The zero-order valence-electron chi connectivity index (χ0n) is 13.8. The van der Waals surface area contributed by atoms with Crippen molar-refractivity contribution >= 4 is 33.0 Å².